The van der Waals surface area contributed by atoms with Gasteiger partial charge in [0.15, 0.2) is 0 Å². The highest BCUT2D eigenvalue weighted by molar-refractivity contribution is 5.90. The van der Waals surface area contributed by atoms with Crippen molar-refractivity contribution in [2.45, 2.75) is 6.42 Å². The third-order valence-electron chi connectivity index (χ3n) is 2.93. The molecular weight excluding hydrogens is 205 g/mol. The largest absolute Gasteiger partial charge is 0.346 e. The van der Waals surface area contributed by atoms with E-state index in [1.54, 1.807) is 6.20 Å². The Balaban J connectivity index is 2.24. The Hall–Kier alpha value is -1.68. The maximum Gasteiger partial charge on any atom is 0.149 e. The first-order valence-corrected chi connectivity index (χ1v) is 5.38. The second kappa shape index (κ2) is 3.72. The van der Waals surface area contributed by atoms with Gasteiger partial charge >= 0.3 is 0 Å². The monoisotopic (exact) mass is 217 g/mol. The summed E-state index contributed by atoms with van der Waals surface area (Å²) in [5, 5.41) is 4.09. The van der Waals surface area contributed by atoms with Gasteiger partial charge in [0.05, 0.1) is 6.20 Å². The van der Waals surface area contributed by atoms with Gasteiger partial charge in [-0.3, -0.25) is 0 Å². The van der Waals surface area contributed by atoms with Crippen LogP contribution in [0.5, 0.6) is 0 Å². The normalized spacial score (nSPS) is 16.4. The number of pyridine rings is 1. The van der Waals surface area contributed by atoms with E-state index in [0.29, 0.717) is 5.56 Å². The molecule has 16 heavy (non-hydrogen) atoms. The molecule has 0 unspecified atom stereocenters. The average Bonchev–Trinajstić information content (AvgIpc) is 2.78. The molecule has 0 amide bonds. The van der Waals surface area contributed by atoms with Crippen LogP contribution in [0.2, 0.25) is 0 Å². The van der Waals surface area contributed by atoms with Crippen molar-refractivity contribution in [1.29, 1.82) is 0 Å². The lowest BCUT2D eigenvalue weighted by atomic mass is 9.98. The van der Waals surface area contributed by atoms with Gasteiger partial charge in [0.1, 0.15) is 11.5 Å². The minimum absolute atomic E-state index is 0.236. The van der Waals surface area contributed by atoms with Crippen molar-refractivity contribution in [1.82, 2.24) is 15.3 Å². The Morgan fingerprint density at radius 2 is 2.31 bits per heavy atom. The fourth-order valence-electron chi connectivity index (χ4n) is 2.16. The van der Waals surface area contributed by atoms with Crippen LogP contribution in [-0.4, -0.2) is 23.1 Å². The predicted molar refractivity (Wildman–Crippen MR) is 61.5 cm³/mol. The predicted octanol–water partition coefficient (Wildman–Crippen LogP) is 2.08. The molecule has 1 aliphatic heterocycles. The first kappa shape index (κ1) is 9.54. The summed E-state index contributed by atoms with van der Waals surface area (Å²) in [4.78, 5) is 7.03. The van der Waals surface area contributed by atoms with E-state index in [4.69, 9.17) is 0 Å². The highest BCUT2D eigenvalue weighted by Crippen LogP contribution is 2.28. The summed E-state index contributed by atoms with van der Waals surface area (Å²) in [7, 11) is 0. The van der Waals surface area contributed by atoms with Crippen LogP contribution in [0, 0.1) is 5.82 Å². The van der Waals surface area contributed by atoms with Gasteiger partial charge in [-0.2, -0.15) is 0 Å². The Kier molecular flexibility index (Phi) is 2.22. The van der Waals surface area contributed by atoms with E-state index in [2.05, 4.69) is 15.3 Å². The number of hydrogen-bond acceptors (Lipinski definition) is 2. The first-order valence-electron chi connectivity index (χ1n) is 5.38. The van der Waals surface area contributed by atoms with Crippen LogP contribution in [0.3, 0.4) is 0 Å². The van der Waals surface area contributed by atoms with E-state index in [9.17, 15) is 4.39 Å². The molecular formula is C12H12FN3. The molecule has 0 atom stereocenters. The molecule has 0 fully saturated rings. The summed E-state index contributed by atoms with van der Waals surface area (Å²) in [5.41, 5.74) is 2.52. The van der Waals surface area contributed by atoms with Crippen molar-refractivity contribution >= 4 is 16.6 Å². The number of halogens is 1. The van der Waals surface area contributed by atoms with Gasteiger partial charge in [0.25, 0.3) is 0 Å². The van der Waals surface area contributed by atoms with E-state index < -0.39 is 0 Å². The molecule has 4 heteroatoms. The summed E-state index contributed by atoms with van der Waals surface area (Å²) < 4.78 is 13.8. The van der Waals surface area contributed by atoms with Crippen LogP contribution in [0.4, 0.5) is 4.39 Å². The summed E-state index contributed by atoms with van der Waals surface area (Å²) in [6.45, 7) is 1.71. The number of nitrogens with zero attached hydrogens (tertiary/aromatic N) is 1. The highest BCUT2D eigenvalue weighted by atomic mass is 19.1. The van der Waals surface area contributed by atoms with Gasteiger partial charge in [0.2, 0.25) is 0 Å². The Morgan fingerprint density at radius 3 is 3.12 bits per heavy atom. The van der Waals surface area contributed by atoms with Crippen LogP contribution in [0.15, 0.2) is 24.5 Å². The minimum Gasteiger partial charge on any atom is -0.346 e. The Morgan fingerprint density at radius 1 is 1.38 bits per heavy atom. The highest BCUT2D eigenvalue weighted by Gasteiger charge is 2.15. The second-order valence-electron chi connectivity index (χ2n) is 3.90. The molecule has 0 saturated carbocycles. The summed E-state index contributed by atoms with van der Waals surface area (Å²) in [5.74, 6) is -0.236. The Bertz CT molecular complexity index is 556. The third-order valence-corrected chi connectivity index (χ3v) is 2.93. The van der Waals surface area contributed by atoms with Gasteiger partial charge in [0, 0.05) is 23.7 Å². The van der Waals surface area contributed by atoms with E-state index in [1.165, 1.54) is 6.20 Å². The Labute approximate surface area is 92.4 Å². The molecule has 82 valence electrons. The summed E-state index contributed by atoms with van der Waals surface area (Å²) >= 11 is 0. The quantitative estimate of drug-likeness (QED) is 0.767. The summed E-state index contributed by atoms with van der Waals surface area (Å²) in [6.07, 6.45) is 5.99. The zero-order valence-electron chi connectivity index (χ0n) is 8.76. The standard InChI is InChI=1S/C12H12FN3/c13-10-7-16-12-9(3-6-15-12)11(10)8-1-4-14-5-2-8/h1,3,6-7,14H,2,4-5H2,(H,15,16). The molecule has 1 aliphatic rings. The molecule has 3 heterocycles. The first-order chi connectivity index (χ1) is 7.86. The third kappa shape index (κ3) is 1.42. The topological polar surface area (TPSA) is 40.7 Å². The zero-order chi connectivity index (χ0) is 11.0. The smallest absolute Gasteiger partial charge is 0.149 e. The number of H-pyrrole nitrogens is 1. The van der Waals surface area contributed by atoms with E-state index in [0.717, 1.165) is 36.1 Å². The average molecular weight is 217 g/mol. The van der Waals surface area contributed by atoms with Crippen molar-refractivity contribution in [3.05, 3.63) is 35.9 Å². The number of aromatic nitrogens is 2. The molecule has 0 aromatic carbocycles. The van der Waals surface area contributed by atoms with Gasteiger partial charge in [-0.15, -0.1) is 0 Å². The van der Waals surface area contributed by atoms with E-state index >= 15 is 0 Å². The number of nitrogens with one attached hydrogen (secondary N) is 2. The molecule has 2 aromatic rings. The fraction of sp³-hybridized carbons (Fsp3) is 0.250. The van der Waals surface area contributed by atoms with E-state index in [-0.39, 0.29) is 5.82 Å². The van der Waals surface area contributed by atoms with Crippen LogP contribution in [-0.2, 0) is 0 Å². The van der Waals surface area contributed by atoms with Crippen LogP contribution in [0.1, 0.15) is 12.0 Å². The zero-order valence-corrected chi connectivity index (χ0v) is 8.76. The lowest BCUT2D eigenvalue weighted by Gasteiger charge is -2.15. The van der Waals surface area contributed by atoms with Gasteiger partial charge in [-0.05, 0) is 24.6 Å². The number of hydrogen-bond donors (Lipinski definition) is 2. The van der Waals surface area contributed by atoms with Gasteiger partial charge in [-0.25, -0.2) is 9.37 Å². The molecule has 0 radical (unpaired) electrons. The molecule has 0 bridgehead atoms. The molecule has 0 aliphatic carbocycles. The van der Waals surface area contributed by atoms with Crippen LogP contribution >= 0.6 is 0 Å². The lowest BCUT2D eigenvalue weighted by molar-refractivity contribution is 0.617. The fourth-order valence-corrected chi connectivity index (χ4v) is 2.16. The molecule has 0 saturated heterocycles. The van der Waals surface area contributed by atoms with E-state index in [1.807, 2.05) is 12.1 Å². The van der Waals surface area contributed by atoms with Crippen molar-refractivity contribution in [2.75, 3.05) is 13.1 Å². The van der Waals surface area contributed by atoms with Crippen molar-refractivity contribution in [2.24, 2.45) is 0 Å². The van der Waals surface area contributed by atoms with Crippen molar-refractivity contribution in [3.8, 4) is 0 Å². The molecule has 3 rings (SSSR count). The second-order valence-corrected chi connectivity index (χ2v) is 3.90. The number of fused-ring (bicyclic) bond motifs is 1. The maximum atomic E-state index is 13.8. The lowest BCUT2D eigenvalue weighted by Crippen LogP contribution is -2.20. The van der Waals surface area contributed by atoms with Crippen LogP contribution < -0.4 is 5.32 Å². The number of rotatable bonds is 1. The molecule has 0 spiro atoms. The van der Waals surface area contributed by atoms with Gasteiger partial charge < -0.3 is 10.3 Å². The molecule has 2 aromatic heterocycles. The SMILES string of the molecule is Fc1cnc2[nH]ccc2c1C1=CCNCC1. The molecule has 2 N–H and O–H groups in total. The minimum atomic E-state index is -0.236. The van der Waals surface area contributed by atoms with Crippen molar-refractivity contribution < 1.29 is 4.39 Å². The van der Waals surface area contributed by atoms with Crippen molar-refractivity contribution in [3.63, 3.8) is 0 Å². The van der Waals surface area contributed by atoms with Gasteiger partial charge in [-0.1, -0.05) is 6.08 Å². The van der Waals surface area contributed by atoms with Crippen LogP contribution in [0.25, 0.3) is 16.6 Å². The maximum absolute atomic E-state index is 13.8. The molecule has 3 nitrogen and oxygen atoms in total. The number of aromatic amines is 1. The summed E-state index contributed by atoms with van der Waals surface area (Å²) in [6, 6.07) is 1.88.